The quantitative estimate of drug-likeness (QED) is 0.707. The Morgan fingerprint density at radius 2 is 2.23 bits per heavy atom. The first-order chi connectivity index (χ1) is 6.27. The summed E-state index contributed by atoms with van der Waals surface area (Å²) in [7, 11) is 0. The van der Waals surface area contributed by atoms with Gasteiger partial charge in [-0.2, -0.15) is 5.26 Å². The maximum absolute atomic E-state index is 8.64. The highest BCUT2D eigenvalue weighted by Gasteiger charge is 1.99. The zero-order chi connectivity index (χ0) is 9.68. The molecular weight excluding hydrogens is 162 g/mol. The van der Waals surface area contributed by atoms with Gasteiger partial charge in [-0.25, -0.2) is 0 Å². The zero-order valence-electron chi connectivity index (χ0n) is 8.00. The predicted molar refractivity (Wildman–Crippen MR) is 51.7 cm³/mol. The molecule has 1 aromatic carbocycles. The van der Waals surface area contributed by atoms with Crippen LogP contribution in [-0.2, 0) is 0 Å². The number of rotatable bonds is 3. The second kappa shape index (κ2) is 4.51. The minimum atomic E-state index is 0.682. The molecule has 0 radical (unpaired) electrons. The summed E-state index contributed by atoms with van der Waals surface area (Å²) in [4.78, 5) is 0. The van der Waals surface area contributed by atoms with Crippen LogP contribution in [0.5, 0.6) is 5.75 Å². The summed E-state index contributed by atoms with van der Waals surface area (Å²) in [5.41, 5.74) is 1.70. The van der Waals surface area contributed by atoms with Gasteiger partial charge in [0.1, 0.15) is 5.75 Å². The number of nitriles is 1. The van der Waals surface area contributed by atoms with Crippen molar-refractivity contribution in [3.8, 4) is 11.8 Å². The minimum Gasteiger partial charge on any atom is -0.493 e. The van der Waals surface area contributed by atoms with Crippen LogP contribution in [0.3, 0.4) is 0 Å². The summed E-state index contributed by atoms with van der Waals surface area (Å²) in [5.74, 6) is 0.876. The lowest BCUT2D eigenvalue weighted by Gasteiger charge is -2.07. The molecule has 0 fully saturated rings. The van der Waals surface area contributed by atoms with Crippen LogP contribution in [-0.4, -0.2) is 6.61 Å². The van der Waals surface area contributed by atoms with Crippen LogP contribution >= 0.6 is 0 Å². The first-order valence-corrected chi connectivity index (χ1v) is 4.41. The summed E-state index contributed by atoms with van der Waals surface area (Å²) in [6.45, 7) is 4.75. The molecule has 0 saturated heterocycles. The lowest BCUT2D eigenvalue weighted by molar-refractivity contribution is 0.315. The molecule has 0 aliphatic carbocycles. The van der Waals surface area contributed by atoms with Gasteiger partial charge in [0.05, 0.1) is 18.2 Å². The Labute approximate surface area is 78.8 Å². The normalized spacial score (nSPS) is 9.31. The molecule has 1 aromatic rings. The van der Waals surface area contributed by atoms with Crippen LogP contribution in [0.1, 0.15) is 24.5 Å². The van der Waals surface area contributed by atoms with E-state index >= 15 is 0 Å². The number of benzene rings is 1. The average molecular weight is 175 g/mol. The molecule has 0 heterocycles. The summed E-state index contributed by atoms with van der Waals surface area (Å²) in [5, 5.41) is 8.64. The molecule has 0 amide bonds. The van der Waals surface area contributed by atoms with Crippen LogP contribution in [0.15, 0.2) is 18.2 Å². The van der Waals surface area contributed by atoms with Gasteiger partial charge in [0.2, 0.25) is 0 Å². The van der Waals surface area contributed by atoms with Crippen molar-refractivity contribution in [1.29, 1.82) is 5.26 Å². The molecule has 2 heteroatoms. The van der Waals surface area contributed by atoms with Gasteiger partial charge in [-0.1, -0.05) is 6.92 Å². The fourth-order valence-corrected chi connectivity index (χ4v) is 1.09. The fourth-order valence-electron chi connectivity index (χ4n) is 1.09. The molecule has 0 N–H and O–H groups in total. The second-order valence-corrected chi connectivity index (χ2v) is 2.94. The molecule has 0 aromatic heterocycles. The van der Waals surface area contributed by atoms with Crippen molar-refractivity contribution in [2.24, 2.45) is 0 Å². The van der Waals surface area contributed by atoms with Crippen molar-refractivity contribution >= 4 is 0 Å². The lowest BCUT2D eigenvalue weighted by Crippen LogP contribution is -1.96. The monoisotopic (exact) mass is 175 g/mol. The molecule has 0 saturated carbocycles. The first-order valence-electron chi connectivity index (χ1n) is 4.41. The third kappa shape index (κ3) is 2.48. The summed E-state index contributed by atoms with van der Waals surface area (Å²) < 4.78 is 5.48. The number of ether oxygens (including phenoxy) is 1. The molecule has 0 bridgehead atoms. The third-order valence-corrected chi connectivity index (χ3v) is 1.77. The maximum Gasteiger partial charge on any atom is 0.122 e. The standard InChI is InChI=1S/C11H13NO/c1-3-6-13-11-5-4-10(8-12)7-9(11)2/h4-5,7H,3,6H2,1-2H3. The maximum atomic E-state index is 8.64. The van der Waals surface area contributed by atoms with Gasteiger partial charge in [-0.15, -0.1) is 0 Å². The van der Waals surface area contributed by atoms with Crippen LogP contribution < -0.4 is 4.74 Å². The van der Waals surface area contributed by atoms with Crippen molar-refractivity contribution < 1.29 is 4.74 Å². The van der Waals surface area contributed by atoms with Gasteiger partial charge in [0.15, 0.2) is 0 Å². The molecule has 13 heavy (non-hydrogen) atoms. The largest absolute Gasteiger partial charge is 0.493 e. The van der Waals surface area contributed by atoms with E-state index in [0.29, 0.717) is 5.56 Å². The van der Waals surface area contributed by atoms with Crippen LogP contribution in [0, 0.1) is 18.3 Å². The van der Waals surface area contributed by atoms with Gasteiger partial charge in [0, 0.05) is 0 Å². The van der Waals surface area contributed by atoms with E-state index < -0.39 is 0 Å². The van der Waals surface area contributed by atoms with Gasteiger partial charge in [0.25, 0.3) is 0 Å². The topological polar surface area (TPSA) is 33.0 Å². The Morgan fingerprint density at radius 1 is 1.46 bits per heavy atom. The van der Waals surface area contributed by atoms with E-state index in [0.717, 1.165) is 24.3 Å². The van der Waals surface area contributed by atoms with Crippen molar-refractivity contribution in [3.63, 3.8) is 0 Å². The average Bonchev–Trinajstić information content (AvgIpc) is 2.16. The van der Waals surface area contributed by atoms with Gasteiger partial charge in [-0.3, -0.25) is 0 Å². The zero-order valence-corrected chi connectivity index (χ0v) is 8.00. The SMILES string of the molecule is CCCOc1ccc(C#N)cc1C. The van der Waals surface area contributed by atoms with Gasteiger partial charge in [-0.05, 0) is 37.1 Å². The highest BCUT2D eigenvalue weighted by atomic mass is 16.5. The third-order valence-electron chi connectivity index (χ3n) is 1.77. The Balaban J connectivity index is 2.81. The van der Waals surface area contributed by atoms with Crippen molar-refractivity contribution in [2.45, 2.75) is 20.3 Å². The summed E-state index contributed by atoms with van der Waals surface area (Å²) in [6, 6.07) is 7.56. The van der Waals surface area contributed by atoms with Crippen molar-refractivity contribution in [1.82, 2.24) is 0 Å². The summed E-state index contributed by atoms with van der Waals surface area (Å²) >= 11 is 0. The molecule has 0 aliphatic rings. The minimum absolute atomic E-state index is 0.682. The highest BCUT2D eigenvalue weighted by molar-refractivity contribution is 5.41. The fraction of sp³-hybridized carbons (Fsp3) is 0.364. The molecule has 0 atom stereocenters. The van der Waals surface area contributed by atoms with Gasteiger partial charge >= 0.3 is 0 Å². The molecule has 0 unspecified atom stereocenters. The first kappa shape index (κ1) is 9.60. The molecule has 0 aliphatic heterocycles. The van der Waals surface area contributed by atoms with Crippen LogP contribution in [0.25, 0.3) is 0 Å². The Hall–Kier alpha value is -1.49. The number of hydrogen-bond donors (Lipinski definition) is 0. The molecule has 68 valence electrons. The van der Waals surface area contributed by atoms with Crippen LogP contribution in [0.4, 0.5) is 0 Å². The van der Waals surface area contributed by atoms with E-state index in [4.69, 9.17) is 10.00 Å². The Bertz CT molecular complexity index is 325. The van der Waals surface area contributed by atoms with Crippen molar-refractivity contribution in [3.05, 3.63) is 29.3 Å². The van der Waals surface area contributed by atoms with E-state index in [1.54, 1.807) is 6.07 Å². The Kier molecular flexibility index (Phi) is 3.33. The van der Waals surface area contributed by atoms with E-state index in [2.05, 4.69) is 13.0 Å². The molecule has 0 spiro atoms. The number of nitrogens with zero attached hydrogens (tertiary/aromatic N) is 1. The number of aryl methyl sites for hydroxylation is 1. The second-order valence-electron chi connectivity index (χ2n) is 2.94. The Morgan fingerprint density at radius 3 is 2.77 bits per heavy atom. The van der Waals surface area contributed by atoms with E-state index in [-0.39, 0.29) is 0 Å². The predicted octanol–water partition coefficient (Wildman–Crippen LogP) is 2.66. The highest BCUT2D eigenvalue weighted by Crippen LogP contribution is 2.18. The van der Waals surface area contributed by atoms with E-state index in [9.17, 15) is 0 Å². The number of hydrogen-bond acceptors (Lipinski definition) is 2. The van der Waals surface area contributed by atoms with Crippen molar-refractivity contribution in [2.75, 3.05) is 6.61 Å². The smallest absolute Gasteiger partial charge is 0.122 e. The van der Waals surface area contributed by atoms with Gasteiger partial charge < -0.3 is 4.74 Å². The van der Waals surface area contributed by atoms with Crippen LogP contribution in [0.2, 0.25) is 0 Å². The molecular formula is C11H13NO. The molecule has 1 rings (SSSR count). The van der Waals surface area contributed by atoms with E-state index in [1.807, 2.05) is 19.1 Å². The van der Waals surface area contributed by atoms with E-state index in [1.165, 1.54) is 0 Å². The summed E-state index contributed by atoms with van der Waals surface area (Å²) in [6.07, 6.45) is 0.999. The lowest BCUT2D eigenvalue weighted by atomic mass is 10.1. The molecule has 2 nitrogen and oxygen atoms in total.